The predicted molar refractivity (Wildman–Crippen MR) is 107 cm³/mol. The molecule has 0 unspecified atom stereocenters. The molecule has 0 aliphatic heterocycles. The third-order valence-electron chi connectivity index (χ3n) is 4.04. The highest BCUT2D eigenvalue weighted by Crippen LogP contribution is 2.16. The minimum absolute atomic E-state index is 0.0711. The Balaban J connectivity index is 1.90. The van der Waals surface area contributed by atoms with Gasteiger partial charge in [0, 0.05) is 17.3 Å². The van der Waals surface area contributed by atoms with Crippen LogP contribution in [0.25, 0.3) is 0 Å². The first-order valence-corrected chi connectivity index (χ1v) is 10.5. The Kier molecular flexibility index (Phi) is 7.65. The molecule has 0 atom stereocenters. The van der Waals surface area contributed by atoms with Crippen LogP contribution in [-0.4, -0.2) is 51.7 Å². The number of rotatable bonds is 9. The summed E-state index contributed by atoms with van der Waals surface area (Å²) in [6.07, 6.45) is 0. The first-order valence-electron chi connectivity index (χ1n) is 8.48. The maximum Gasteiger partial charge on any atom is 0.238 e. The molecule has 0 fully saturated rings. The smallest absolute Gasteiger partial charge is 0.238 e. The molecule has 0 heterocycles. The van der Waals surface area contributed by atoms with Crippen molar-refractivity contribution in [2.75, 3.05) is 37.8 Å². The van der Waals surface area contributed by atoms with Crippen LogP contribution in [0.4, 0.5) is 5.69 Å². The van der Waals surface area contributed by atoms with Gasteiger partial charge < -0.3 is 10.1 Å². The summed E-state index contributed by atoms with van der Waals surface area (Å²) in [5.74, 6) is 0.430. The summed E-state index contributed by atoms with van der Waals surface area (Å²) in [5.41, 5.74) is 0.658. The van der Waals surface area contributed by atoms with E-state index in [0.29, 0.717) is 23.0 Å². The Morgan fingerprint density at radius 2 is 1.74 bits per heavy atom. The molecule has 0 radical (unpaired) electrons. The van der Waals surface area contributed by atoms with Gasteiger partial charge in [0.25, 0.3) is 0 Å². The van der Waals surface area contributed by atoms with Gasteiger partial charge in [-0.1, -0.05) is 18.5 Å². The quantitative estimate of drug-likeness (QED) is 0.687. The molecule has 2 aromatic carbocycles. The Hall–Kier alpha value is -2.09. The fourth-order valence-corrected chi connectivity index (χ4v) is 3.85. The number of nitrogens with zero attached hydrogens (tertiary/aromatic N) is 1. The molecule has 0 saturated carbocycles. The van der Waals surface area contributed by atoms with Crippen LogP contribution in [0, 0.1) is 0 Å². The summed E-state index contributed by atoms with van der Waals surface area (Å²) in [7, 11) is -1.86. The van der Waals surface area contributed by atoms with Crippen LogP contribution in [-0.2, 0) is 14.6 Å². The Labute approximate surface area is 165 Å². The molecule has 0 aromatic heterocycles. The van der Waals surface area contributed by atoms with Gasteiger partial charge in [-0.05, 0) is 55.1 Å². The van der Waals surface area contributed by atoms with Gasteiger partial charge in [0.2, 0.25) is 5.91 Å². The van der Waals surface area contributed by atoms with E-state index < -0.39 is 9.84 Å². The van der Waals surface area contributed by atoms with Crippen LogP contribution in [0.2, 0.25) is 5.02 Å². The maximum atomic E-state index is 12.4. The molecular formula is C19H23ClN2O4S. The lowest BCUT2D eigenvalue weighted by Crippen LogP contribution is -2.36. The molecular weight excluding hydrogens is 388 g/mol. The summed E-state index contributed by atoms with van der Waals surface area (Å²) in [6.45, 7) is 2.82. The van der Waals surface area contributed by atoms with Gasteiger partial charge in [0.1, 0.15) is 5.75 Å². The van der Waals surface area contributed by atoms with Gasteiger partial charge >= 0.3 is 0 Å². The number of hydrogen-bond acceptors (Lipinski definition) is 5. The third-order valence-corrected chi connectivity index (χ3v) is 6.00. The number of sulfone groups is 1. The number of hydrogen-bond donors (Lipinski definition) is 1. The Morgan fingerprint density at radius 1 is 1.11 bits per heavy atom. The maximum absolute atomic E-state index is 12.4. The number of benzene rings is 2. The van der Waals surface area contributed by atoms with Gasteiger partial charge in [-0.15, -0.1) is 0 Å². The third kappa shape index (κ3) is 6.53. The van der Waals surface area contributed by atoms with E-state index in [-0.39, 0.29) is 29.6 Å². The summed E-state index contributed by atoms with van der Waals surface area (Å²) >= 11 is 5.80. The number of carbonyl (C=O) groups excluding carboxylic acids is 1. The fraction of sp³-hybridized carbons (Fsp3) is 0.316. The lowest BCUT2D eigenvalue weighted by Gasteiger charge is -2.20. The number of amides is 1. The average molecular weight is 411 g/mol. The SMILES string of the molecule is CCN(CCS(=O)(=O)c1ccc(Cl)cc1)CC(=O)Nc1ccc(OC)cc1. The van der Waals surface area contributed by atoms with E-state index in [9.17, 15) is 13.2 Å². The van der Waals surface area contributed by atoms with Crippen LogP contribution < -0.4 is 10.1 Å². The van der Waals surface area contributed by atoms with E-state index in [0.717, 1.165) is 0 Å². The molecule has 2 rings (SSSR count). The molecule has 0 aliphatic rings. The molecule has 27 heavy (non-hydrogen) atoms. The number of methoxy groups -OCH3 is 1. The second-order valence-corrected chi connectivity index (χ2v) is 8.46. The molecule has 1 amide bonds. The standard InChI is InChI=1S/C19H23ClN2O4S/c1-3-22(12-13-27(24,25)18-10-4-15(20)5-11-18)14-19(23)21-16-6-8-17(26-2)9-7-16/h4-11H,3,12-14H2,1-2H3,(H,21,23). The molecule has 8 heteroatoms. The van der Waals surface area contributed by atoms with Crippen molar-refractivity contribution in [3.63, 3.8) is 0 Å². The minimum atomic E-state index is -3.43. The van der Waals surface area contributed by atoms with Crippen molar-refractivity contribution in [1.82, 2.24) is 4.90 Å². The monoisotopic (exact) mass is 410 g/mol. The highest BCUT2D eigenvalue weighted by Gasteiger charge is 2.17. The number of carbonyl (C=O) groups is 1. The zero-order chi connectivity index (χ0) is 19.9. The summed E-state index contributed by atoms with van der Waals surface area (Å²) in [5, 5.41) is 3.28. The number of ether oxygens (including phenoxy) is 1. The van der Waals surface area contributed by atoms with Crippen molar-refractivity contribution < 1.29 is 17.9 Å². The van der Waals surface area contributed by atoms with Gasteiger partial charge in [-0.25, -0.2) is 8.42 Å². The van der Waals surface area contributed by atoms with Gasteiger partial charge in [-0.3, -0.25) is 9.69 Å². The van der Waals surface area contributed by atoms with Crippen molar-refractivity contribution in [3.8, 4) is 5.75 Å². The van der Waals surface area contributed by atoms with E-state index in [1.54, 1.807) is 48.4 Å². The van der Waals surface area contributed by atoms with E-state index in [1.165, 1.54) is 12.1 Å². The van der Waals surface area contributed by atoms with Crippen molar-refractivity contribution in [3.05, 3.63) is 53.6 Å². The molecule has 0 saturated heterocycles. The molecule has 6 nitrogen and oxygen atoms in total. The zero-order valence-electron chi connectivity index (χ0n) is 15.3. The minimum Gasteiger partial charge on any atom is -0.497 e. The zero-order valence-corrected chi connectivity index (χ0v) is 16.9. The lowest BCUT2D eigenvalue weighted by molar-refractivity contribution is -0.117. The largest absolute Gasteiger partial charge is 0.497 e. The lowest BCUT2D eigenvalue weighted by atomic mass is 10.3. The van der Waals surface area contributed by atoms with Gasteiger partial charge in [0.05, 0.1) is 24.3 Å². The second-order valence-electron chi connectivity index (χ2n) is 5.92. The number of anilines is 1. The molecule has 0 spiro atoms. The summed E-state index contributed by atoms with van der Waals surface area (Å²) in [6, 6.07) is 13.1. The number of nitrogens with one attached hydrogen (secondary N) is 1. The van der Waals surface area contributed by atoms with E-state index in [1.807, 2.05) is 6.92 Å². The van der Waals surface area contributed by atoms with Crippen LogP contribution >= 0.6 is 11.6 Å². The normalized spacial score (nSPS) is 11.4. The molecule has 0 aliphatic carbocycles. The van der Waals surface area contributed by atoms with Crippen LogP contribution in [0.1, 0.15) is 6.92 Å². The highest BCUT2D eigenvalue weighted by atomic mass is 35.5. The van der Waals surface area contributed by atoms with Crippen molar-refractivity contribution in [2.24, 2.45) is 0 Å². The van der Waals surface area contributed by atoms with E-state index in [4.69, 9.17) is 16.3 Å². The molecule has 0 bridgehead atoms. The summed E-state index contributed by atoms with van der Waals surface area (Å²) in [4.78, 5) is 14.2. The first kappa shape index (κ1) is 21.2. The van der Waals surface area contributed by atoms with E-state index >= 15 is 0 Å². The first-order chi connectivity index (χ1) is 12.8. The van der Waals surface area contributed by atoms with Crippen LogP contribution in [0.3, 0.4) is 0 Å². The topological polar surface area (TPSA) is 75.7 Å². The molecule has 146 valence electrons. The average Bonchev–Trinajstić information content (AvgIpc) is 2.66. The van der Waals surface area contributed by atoms with E-state index in [2.05, 4.69) is 5.32 Å². The van der Waals surface area contributed by atoms with Crippen molar-refractivity contribution >= 4 is 33.0 Å². The number of halogens is 1. The fourth-order valence-electron chi connectivity index (χ4n) is 2.44. The number of likely N-dealkylation sites (N-methyl/N-ethyl adjacent to an activating group) is 1. The second kappa shape index (κ2) is 9.73. The van der Waals surface area contributed by atoms with Crippen molar-refractivity contribution in [2.45, 2.75) is 11.8 Å². The van der Waals surface area contributed by atoms with Crippen molar-refractivity contribution in [1.29, 1.82) is 0 Å². The Bertz CT molecular complexity index is 852. The highest BCUT2D eigenvalue weighted by molar-refractivity contribution is 7.91. The van der Waals surface area contributed by atoms with Gasteiger partial charge in [0.15, 0.2) is 9.84 Å². The Morgan fingerprint density at radius 3 is 2.30 bits per heavy atom. The molecule has 2 aromatic rings. The predicted octanol–water partition coefficient (Wildman–Crippen LogP) is 3.08. The van der Waals surface area contributed by atoms with Crippen LogP contribution in [0.15, 0.2) is 53.4 Å². The summed E-state index contributed by atoms with van der Waals surface area (Å²) < 4.78 is 29.9. The van der Waals surface area contributed by atoms with Crippen LogP contribution in [0.5, 0.6) is 5.75 Å². The van der Waals surface area contributed by atoms with Gasteiger partial charge in [-0.2, -0.15) is 0 Å². The molecule has 1 N–H and O–H groups in total.